The zero-order chi connectivity index (χ0) is 28.4. The summed E-state index contributed by atoms with van der Waals surface area (Å²) < 4.78 is 0. The van der Waals surface area contributed by atoms with Gasteiger partial charge in [-0.25, -0.2) is 4.79 Å². The zero-order valence-electron chi connectivity index (χ0n) is 24.4. The first kappa shape index (κ1) is 27.7. The Morgan fingerprint density at radius 2 is 1.73 bits per heavy atom. The number of aromatic nitrogens is 1. The van der Waals surface area contributed by atoms with Crippen LogP contribution in [-0.4, -0.2) is 69.5 Å². The lowest BCUT2D eigenvalue weighted by Crippen LogP contribution is -2.63. The monoisotopic (exact) mass is 553 g/mol. The maximum absolute atomic E-state index is 14.2. The molecule has 1 spiro atoms. The number of rotatable bonds is 6. The smallest absolute Gasteiger partial charge is 0.320 e. The molecule has 0 radical (unpaired) electrons. The molecule has 1 saturated carbocycles. The third kappa shape index (κ3) is 5.84. The van der Waals surface area contributed by atoms with Gasteiger partial charge in [0.2, 0.25) is 0 Å². The van der Waals surface area contributed by atoms with E-state index in [1.54, 1.807) is 6.07 Å². The number of benzene rings is 2. The second-order valence-electron chi connectivity index (χ2n) is 12.5. The minimum atomic E-state index is -0.0734. The van der Waals surface area contributed by atoms with Gasteiger partial charge in [-0.15, -0.1) is 0 Å². The molecular weight excluding hydrogens is 510 g/mol. The van der Waals surface area contributed by atoms with E-state index in [4.69, 9.17) is 0 Å². The van der Waals surface area contributed by atoms with Gasteiger partial charge in [-0.05, 0) is 30.4 Å². The molecule has 0 unspecified atom stereocenters. The summed E-state index contributed by atoms with van der Waals surface area (Å²) in [6.07, 6.45) is 7.28. The second-order valence-corrected chi connectivity index (χ2v) is 12.5. The molecule has 3 aliphatic rings. The lowest BCUT2D eigenvalue weighted by atomic mass is 9.91. The predicted octanol–water partition coefficient (Wildman–Crippen LogP) is 5.41. The van der Waals surface area contributed by atoms with Crippen molar-refractivity contribution >= 4 is 6.03 Å². The van der Waals surface area contributed by atoms with Gasteiger partial charge in [0.25, 0.3) is 0 Å². The number of piperazine rings is 1. The van der Waals surface area contributed by atoms with Crippen LogP contribution in [0.25, 0.3) is 11.3 Å². The second kappa shape index (κ2) is 11.8. The molecule has 1 aromatic heterocycles. The Hall–Kier alpha value is -3.42. The molecule has 2 aliphatic heterocycles. The van der Waals surface area contributed by atoms with Crippen LogP contribution >= 0.6 is 0 Å². The minimum absolute atomic E-state index is 0.0701. The van der Waals surface area contributed by atoms with Gasteiger partial charge in [0, 0.05) is 73.9 Å². The van der Waals surface area contributed by atoms with E-state index >= 15 is 0 Å². The van der Waals surface area contributed by atoms with E-state index in [0.29, 0.717) is 19.1 Å². The molecule has 2 atom stereocenters. The van der Waals surface area contributed by atoms with Crippen LogP contribution in [0, 0.1) is 0 Å². The Bertz CT molecular complexity index is 1380. The van der Waals surface area contributed by atoms with Gasteiger partial charge in [0.1, 0.15) is 0 Å². The lowest BCUT2D eigenvalue weighted by Gasteiger charge is -2.50. The summed E-state index contributed by atoms with van der Waals surface area (Å²) in [7, 11) is 0. The standard InChI is InChI=1S/C34H43N5O2/c1-25(2)36-29-19-31(27-13-7-4-8-14-27)39(23-29)33(41)37-17-18-38(34(24-37)15-9-10-16-34)22-28-21-35-30(20-32(28)40)26-11-5-3-6-12-26/h3-8,11-14,20-21,25,29,31,36H,9-10,15-19,22-24H2,1-2H3,(H,35,40)/t29-,31-/m0/s1. The van der Waals surface area contributed by atoms with E-state index in [9.17, 15) is 9.59 Å². The minimum Gasteiger partial charge on any atom is -0.361 e. The molecule has 2 amide bonds. The summed E-state index contributed by atoms with van der Waals surface area (Å²) >= 11 is 0. The first-order valence-corrected chi connectivity index (χ1v) is 15.3. The number of hydrogen-bond acceptors (Lipinski definition) is 4. The highest BCUT2D eigenvalue weighted by molar-refractivity contribution is 5.76. The fourth-order valence-corrected chi connectivity index (χ4v) is 7.36. The summed E-state index contributed by atoms with van der Waals surface area (Å²) in [6.45, 7) is 7.88. The predicted molar refractivity (Wildman–Crippen MR) is 164 cm³/mol. The summed E-state index contributed by atoms with van der Waals surface area (Å²) in [5, 5.41) is 3.68. The molecule has 2 saturated heterocycles. The topological polar surface area (TPSA) is 71.7 Å². The van der Waals surface area contributed by atoms with Crippen LogP contribution in [0.1, 0.15) is 63.1 Å². The Labute approximate surface area is 243 Å². The van der Waals surface area contributed by atoms with Gasteiger partial charge in [-0.3, -0.25) is 9.69 Å². The maximum atomic E-state index is 14.2. The SMILES string of the molecule is CC(C)N[C@H]1C[C@@H](c2ccccc2)N(C(=O)N2CCN(Cc3c[nH]c(-c4ccccc4)cc3=O)C3(CCCC3)C2)C1. The Balaban J connectivity index is 1.19. The van der Waals surface area contributed by atoms with Crippen LogP contribution in [-0.2, 0) is 6.54 Å². The Morgan fingerprint density at radius 3 is 2.41 bits per heavy atom. The van der Waals surface area contributed by atoms with Gasteiger partial charge in [0.05, 0.1) is 6.04 Å². The number of carbonyl (C=O) groups excluding carboxylic acids is 1. The van der Waals surface area contributed by atoms with Gasteiger partial charge in [-0.2, -0.15) is 0 Å². The molecule has 3 heterocycles. The van der Waals surface area contributed by atoms with E-state index in [0.717, 1.165) is 55.7 Å². The van der Waals surface area contributed by atoms with Crippen LogP contribution in [0.4, 0.5) is 4.79 Å². The molecule has 216 valence electrons. The number of H-pyrrole nitrogens is 1. The first-order valence-electron chi connectivity index (χ1n) is 15.3. The number of aromatic amines is 1. The van der Waals surface area contributed by atoms with Crippen molar-refractivity contribution in [2.24, 2.45) is 0 Å². The molecule has 7 heteroatoms. The summed E-state index contributed by atoms with van der Waals surface area (Å²) in [6, 6.07) is 23.1. The van der Waals surface area contributed by atoms with Crippen molar-refractivity contribution < 1.29 is 4.79 Å². The number of nitrogens with one attached hydrogen (secondary N) is 2. The molecule has 2 aromatic carbocycles. The molecule has 1 aliphatic carbocycles. The van der Waals surface area contributed by atoms with Crippen LogP contribution in [0.2, 0.25) is 0 Å². The normalized spacial score (nSPS) is 22.6. The highest BCUT2D eigenvalue weighted by Crippen LogP contribution is 2.40. The highest BCUT2D eigenvalue weighted by Gasteiger charge is 2.47. The number of nitrogens with zero attached hydrogens (tertiary/aromatic N) is 3. The van der Waals surface area contributed by atoms with Crippen molar-refractivity contribution in [1.29, 1.82) is 0 Å². The Kier molecular flexibility index (Phi) is 8.00. The summed E-state index contributed by atoms with van der Waals surface area (Å²) in [5.41, 5.74) is 3.85. The summed E-state index contributed by atoms with van der Waals surface area (Å²) in [5.74, 6) is 0. The molecule has 6 rings (SSSR count). The molecule has 3 fully saturated rings. The van der Waals surface area contributed by atoms with Gasteiger partial charge >= 0.3 is 6.03 Å². The van der Waals surface area contributed by atoms with E-state index in [-0.39, 0.29) is 29.1 Å². The van der Waals surface area contributed by atoms with E-state index < -0.39 is 0 Å². The Morgan fingerprint density at radius 1 is 1.02 bits per heavy atom. The number of amides is 2. The molecule has 7 nitrogen and oxygen atoms in total. The van der Waals surface area contributed by atoms with Crippen molar-refractivity contribution in [2.45, 2.75) is 76.2 Å². The van der Waals surface area contributed by atoms with Crippen molar-refractivity contribution in [2.75, 3.05) is 26.2 Å². The average molecular weight is 554 g/mol. The lowest BCUT2D eigenvalue weighted by molar-refractivity contribution is 0.00214. The quantitative estimate of drug-likeness (QED) is 0.429. The molecule has 41 heavy (non-hydrogen) atoms. The van der Waals surface area contributed by atoms with E-state index in [1.807, 2.05) is 42.6 Å². The molecule has 3 aromatic rings. The number of hydrogen-bond donors (Lipinski definition) is 2. The third-order valence-electron chi connectivity index (χ3n) is 9.34. The summed E-state index contributed by atoms with van der Waals surface area (Å²) in [4.78, 5) is 37.5. The van der Waals surface area contributed by atoms with Crippen LogP contribution in [0.5, 0.6) is 0 Å². The van der Waals surface area contributed by atoms with E-state index in [1.165, 1.54) is 18.4 Å². The maximum Gasteiger partial charge on any atom is 0.320 e. The fourth-order valence-electron chi connectivity index (χ4n) is 7.36. The zero-order valence-corrected chi connectivity index (χ0v) is 24.4. The van der Waals surface area contributed by atoms with Crippen LogP contribution in [0.15, 0.2) is 77.7 Å². The van der Waals surface area contributed by atoms with Crippen molar-refractivity contribution in [3.8, 4) is 11.3 Å². The average Bonchev–Trinajstić information content (AvgIpc) is 3.63. The number of likely N-dealkylation sites (tertiary alicyclic amines) is 1. The molecular formula is C34H43N5O2. The van der Waals surface area contributed by atoms with Crippen LogP contribution in [0.3, 0.4) is 0 Å². The van der Waals surface area contributed by atoms with Crippen molar-refractivity contribution in [3.05, 3.63) is 94.3 Å². The molecule has 0 bridgehead atoms. The van der Waals surface area contributed by atoms with Gasteiger partial charge in [0.15, 0.2) is 5.43 Å². The fraction of sp³-hybridized carbons (Fsp3) is 0.471. The number of pyridine rings is 1. The largest absolute Gasteiger partial charge is 0.361 e. The van der Waals surface area contributed by atoms with E-state index in [2.05, 4.69) is 63.1 Å². The first-order chi connectivity index (χ1) is 19.9. The van der Waals surface area contributed by atoms with Gasteiger partial charge < -0.3 is 20.1 Å². The highest BCUT2D eigenvalue weighted by atomic mass is 16.2. The number of carbonyl (C=O) groups is 1. The van der Waals surface area contributed by atoms with Crippen LogP contribution < -0.4 is 10.7 Å². The number of urea groups is 1. The third-order valence-corrected chi connectivity index (χ3v) is 9.34. The van der Waals surface area contributed by atoms with Crippen molar-refractivity contribution in [3.63, 3.8) is 0 Å². The van der Waals surface area contributed by atoms with Crippen molar-refractivity contribution in [1.82, 2.24) is 25.0 Å². The van der Waals surface area contributed by atoms with Gasteiger partial charge in [-0.1, -0.05) is 87.4 Å². The molecule has 2 N–H and O–H groups in total.